The molecule has 0 aliphatic heterocycles. The number of hydrogen-bond donors (Lipinski definition) is 2. The van der Waals surface area contributed by atoms with E-state index in [-0.39, 0.29) is 17.7 Å². The Morgan fingerprint density at radius 1 is 1.07 bits per heavy atom. The zero-order chi connectivity index (χ0) is 19.4. The van der Waals surface area contributed by atoms with Gasteiger partial charge in [0.25, 0.3) is 5.56 Å². The van der Waals surface area contributed by atoms with Gasteiger partial charge in [-0.25, -0.2) is 4.79 Å². The molecule has 2 aromatic rings. The Kier molecular flexibility index (Phi) is 5.54. The Morgan fingerprint density at radius 3 is 2.44 bits per heavy atom. The van der Waals surface area contributed by atoms with E-state index in [1.54, 1.807) is 22.9 Å². The van der Waals surface area contributed by atoms with Crippen LogP contribution in [0.4, 0.5) is 10.5 Å². The Balaban J connectivity index is 1.54. The highest BCUT2D eigenvalue weighted by atomic mass is 16.6. The third-order valence-corrected chi connectivity index (χ3v) is 4.49. The smallest absolute Gasteiger partial charge is 0.407 e. The number of ether oxygens (including phenoxy) is 1. The van der Waals surface area contributed by atoms with Crippen LogP contribution >= 0.6 is 0 Å². The van der Waals surface area contributed by atoms with Gasteiger partial charge in [0.15, 0.2) is 0 Å². The van der Waals surface area contributed by atoms with Gasteiger partial charge in [-0.15, -0.1) is 0 Å². The number of nitrogens with zero attached hydrogens (tertiary/aromatic N) is 1. The van der Waals surface area contributed by atoms with Gasteiger partial charge in [0.1, 0.15) is 5.60 Å². The van der Waals surface area contributed by atoms with Crippen molar-refractivity contribution in [3.05, 3.63) is 59.0 Å². The summed E-state index contributed by atoms with van der Waals surface area (Å²) in [5, 5.41) is 6.45. The quantitative estimate of drug-likeness (QED) is 0.862. The SMILES string of the molecule is CC(C)(C)OC(=O)N[C@H]1CC[C@H](Nc2ccc(-n3ccccc3=O)cc2)C1. The number of alkyl carbamates (subject to hydrolysis) is 1. The minimum Gasteiger partial charge on any atom is -0.444 e. The predicted octanol–water partition coefficient (Wildman–Crippen LogP) is 3.70. The molecule has 0 radical (unpaired) electrons. The van der Waals surface area contributed by atoms with Crippen LogP contribution in [0.3, 0.4) is 0 Å². The molecule has 1 heterocycles. The molecule has 0 bridgehead atoms. The van der Waals surface area contributed by atoms with Gasteiger partial charge in [0.05, 0.1) is 0 Å². The van der Waals surface area contributed by atoms with Crippen LogP contribution in [-0.4, -0.2) is 28.3 Å². The van der Waals surface area contributed by atoms with E-state index < -0.39 is 5.60 Å². The molecule has 2 atom stereocenters. The highest BCUT2D eigenvalue weighted by Gasteiger charge is 2.27. The molecule has 2 N–H and O–H groups in total. The van der Waals surface area contributed by atoms with Crippen molar-refractivity contribution >= 4 is 11.8 Å². The maximum atomic E-state index is 11.9. The molecule has 0 unspecified atom stereocenters. The molecule has 0 spiro atoms. The summed E-state index contributed by atoms with van der Waals surface area (Å²) >= 11 is 0. The van der Waals surface area contributed by atoms with Crippen LogP contribution < -0.4 is 16.2 Å². The number of anilines is 1. The third-order valence-electron chi connectivity index (χ3n) is 4.49. The number of aromatic nitrogens is 1. The number of hydrogen-bond acceptors (Lipinski definition) is 4. The fourth-order valence-corrected chi connectivity index (χ4v) is 3.31. The first-order valence-electron chi connectivity index (χ1n) is 9.34. The molecule has 0 saturated heterocycles. The van der Waals surface area contributed by atoms with Gasteiger partial charge in [-0.2, -0.15) is 0 Å². The summed E-state index contributed by atoms with van der Waals surface area (Å²) in [6, 6.07) is 13.3. The zero-order valence-corrected chi connectivity index (χ0v) is 16.1. The second-order valence-electron chi connectivity index (χ2n) is 7.95. The van der Waals surface area contributed by atoms with Crippen LogP contribution in [0.1, 0.15) is 40.0 Å². The van der Waals surface area contributed by atoms with E-state index in [9.17, 15) is 9.59 Å². The maximum Gasteiger partial charge on any atom is 0.407 e. The van der Waals surface area contributed by atoms with Crippen LogP contribution in [0, 0.1) is 0 Å². The first kappa shape index (κ1) is 19.0. The third kappa shape index (κ3) is 5.36. The molecule has 6 nitrogen and oxygen atoms in total. The Hall–Kier alpha value is -2.76. The first-order chi connectivity index (χ1) is 12.8. The molecular weight excluding hydrogens is 342 g/mol. The van der Waals surface area contributed by atoms with Crippen molar-refractivity contribution in [2.24, 2.45) is 0 Å². The number of carbonyl (C=O) groups is 1. The fraction of sp³-hybridized carbons (Fsp3) is 0.429. The van der Waals surface area contributed by atoms with Gasteiger partial charge in [-0.05, 0) is 70.4 Å². The second kappa shape index (κ2) is 7.86. The lowest BCUT2D eigenvalue weighted by Crippen LogP contribution is -2.38. The Bertz CT molecular complexity index is 837. The molecule has 144 valence electrons. The number of nitrogens with one attached hydrogen (secondary N) is 2. The van der Waals surface area contributed by atoms with Crippen molar-refractivity contribution < 1.29 is 9.53 Å². The average Bonchev–Trinajstić information content (AvgIpc) is 3.01. The summed E-state index contributed by atoms with van der Waals surface area (Å²) in [7, 11) is 0. The lowest BCUT2D eigenvalue weighted by Gasteiger charge is -2.22. The molecule has 1 fully saturated rings. The number of amides is 1. The zero-order valence-electron chi connectivity index (χ0n) is 16.1. The van der Waals surface area contributed by atoms with E-state index in [0.29, 0.717) is 6.04 Å². The molecule has 1 aliphatic rings. The van der Waals surface area contributed by atoms with Crippen molar-refractivity contribution in [2.45, 2.75) is 57.7 Å². The van der Waals surface area contributed by atoms with Crippen molar-refractivity contribution in [1.29, 1.82) is 0 Å². The van der Waals surface area contributed by atoms with Crippen LogP contribution in [0.2, 0.25) is 0 Å². The van der Waals surface area contributed by atoms with E-state index >= 15 is 0 Å². The Morgan fingerprint density at radius 2 is 1.78 bits per heavy atom. The van der Waals surface area contributed by atoms with Gasteiger partial charge in [-0.1, -0.05) is 6.07 Å². The monoisotopic (exact) mass is 369 g/mol. The van der Waals surface area contributed by atoms with E-state index in [4.69, 9.17) is 4.74 Å². The molecule has 6 heteroatoms. The van der Waals surface area contributed by atoms with E-state index in [0.717, 1.165) is 30.6 Å². The normalized spacial score (nSPS) is 19.5. The lowest BCUT2D eigenvalue weighted by molar-refractivity contribution is 0.0505. The molecular formula is C21H27N3O3. The van der Waals surface area contributed by atoms with Gasteiger partial charge in [-0.3, -0.25) is 9.36 Å². The highest BCUT2D eigenvalue weighted by Crippen LogP contribution is 2.24. The number of rotatable bonds is 4. The van der Waals surface area contributed by atoms with Gasteiger partial charge >= 0.3 is 6.09 Å². The van der Waals surface area contributed by atoms with Crippen molar-refractivity contribution in [2.75, 3.05) is 5.32 Å². The van der Waals surface area contributed by atoms with E-state index in [1.807, 2.05) is 51.1 Å². The van der Waals surface area contributed by atoms with Crippen LogP contribution in [-0.2, 0) is 4.74 Å². The summed E-state index contributed by atoms with van der Waals surface area (Å²) in [5.41, 5.74) is 1.31. The first-order valence-corrected chi connectivity index (χ1v) is 9.34. The maximum absolute atomic E-state index is 11.9. The van der Waals surface area contributed by atoms with Gasteiger partial charge in [0, 0.05) is 35.7 Å². The van der Waals surface area contributed by atoms with Crippen molar-refractivity contribution in [3.8, 4) is 5.69 Å². The minimum absolute atomic E-state index is 0.0509. The fourth-order valence-electron chi connectivity index (χ4n) is 3.31. The van der Waals surface area contributed by atoms with E-state index in [1.165, 1.54) is 0 Å². The molecule has 1 saturated carbocycles. The van der Waals surface area contributed by atoms with Crippen LogP contribution in [0.25, 0.3) is 5.69 Å². The van der Waals surface area contributed by atoms with Crippen molar-refractivity contribution in [3.63, 3.8) is 0 Å². The summed E-state index contributed by atoms with van der Waals surface area (Å²) in [5.74, 6) is 0. The molecule has 27 heavy (non-hydrogen) atoms. The summed E-state index contributed by atoms with van der Waals surface area (Å²) in [6.07, 6.45) is 4.17. The number of benzene rings is 1. The molecule has 1 amide bonds. The summed E-state index contributed by atoms with van der Waals surface area (Å²) in [4.78, 5) is 23.8. The number of carbonyl (C=O) groups excluding carboxylic acids is 1. The summed E-state index contributed by atoms with van der Waals surface area (Å²) in [6.45, 7) is 5.58. The average molecular weight is 369 g/mol. The molecule has 3 rings (SSSR count). The highest BCUT2D eigenvalue weighted by molar-refractivity contribution is 5.68. The molecule has 1 aromatic heterocycles. The van der Waals surface area contributed by atoms with Gasteiger partial charge in [0.2, 0.25) is 0 Å². The van der Waals surface area contributed by atoms with Crippen molar-refractivity contribution in [1.82, 2.24) is 9.88 Å². The molecule has 1 aliphatic carbocycles. The van der Waals surface area contributed by atoms with Gasteiger partial charge < -0.3 is 15.4 Å². The minimum atomic E-state index is -0.483. The van der Waals surface area contributed by atoms with Crippen LogP contribution in [0.5, 0.6) is 0 Å². The second-order valence-corrected chi connectivity index (χ2v) is 7.95. The topological polar surface area (TPSA) is 72.4 Å². The lowest BCUT2D eigenvalue weighted by atomic mass is 10.2. The van der Waals surface area contributed by atoms with Crippen LogP contribution in [0.15, 0.2) is 53.5 Å². The molecule has 1 aromatic carbocycles. The summed E-state index contributed by atoms with van der Waals surface area (Å²) < 4.78 is 6.93. The number of pyridine rings is 1. The predicted molar refractivity (Wildman–Crippen MR) is 106 cm³/mol. The van der Waals surface area contributed by atoms with E-state index in [2.05, 4.69) is 10.6 Å². The largest absolute Gasteiger partial charge is 0.444 e. The standard InChI is InChI=1S/C21H27N3O3/c1-21(2,3)27-20(26)23-17-8-7-16(14-17)22-15-9-11-18(12-10-15)24-13-5-4-6-19(24)25/h4-6,9-13,16-17,22H,7-8,14H2,1-3H3,(H,23,26)/t16-,17-/m0/s1. The Labute approximate surface area is 159 Å².